The number of H-pyrrole nitrogens is 1. The molecule has 1 aliphatic rings. The van der Waals surface area contributed by atoms with Gasteiger partial charge in [0.15, 0.2) is 5.69 Å². The fourth-order valence-corrected chi connectivity index (χ4v) is 4.40. The van der Waals surface area contributed by atoms with Gasteiger partial charge in [0.2, 0.25) is 0 Å². The van der Waals surface area contributed by atoms with Crippen molar-refractivity contribution in [2.75, 3.05) is 35.2 Å². The molecular weight excluding hydrogens is 452 g/mol. The number of anilines is 3. The van der Waals surface area contributed by atoms with Gasteiger partial charge in [-0.3, -0.25) is 29.3 Å². The Morgan fingerprint density at radius 3 is 2.46 bits per heavy atom. The fraction of sp³-hybridized carbons (Fsp3) is 0.542. The van der Waals surface area contributed by atoms with Crippen LogP contribution in [0.25, 0.3) is 0 Å². The number of rotatable bonds is 11. The normalized spacial score (nSPS) is 13.3. The molecule has 11 heteroatoms. The standard InChI is InChI=1S/C24H34N6O5/c1-3-5-7-15-28(20-21(25)29(14-6-4-2)24(33)26-22(20)31)23(32)17-10-11-18(19(16-17)30(34)35)27-12-8-9-13-27/h10-11,16H,3-9,12-15,25H2,1-2H3,(H,26,31,33). The van der Waals surface area contributed by atoms with Crippen molar-refractivity contribution in [2.45, 2.75) is 65.3 Å². The van der Waals surface area contributed by atoms with Crippen LogP contribution in [0.2, 0.25) is 0 Å². The molecule has 0 spiro atoms. The predicted molar refractivity (Wildman–Crippen MR) is 136 cm³/mol. The van der Waals surface area contributed by atoms with Gasteiger partial charge in [0.05, 0.1) is 4.92 Å². The minimum atomic E-state index is -0.756. The number of nitro groups is 1. The van der Waals surface area contributed by atoms with Crippen molar-refractivity contribution in [1.82, 2.24) is 9.55 Å². The van der Waals surface area contributed by atoms with Crippen LogP contribution in [0.15, 0.2) is 27.8 Å². The zero-order valence-electron chi connectivity index (χ0n) is 20.4. The molecule has 1 fully saturated rings. The van der Waals surface area contributed by atoms with Crippen LogP contribution in [-0.2, 0) is 6.54 Å². The Hall–Kier alpha value is -3.63. The second-order valence-corrected chi connectivity index (χ2v) is 8.82. The van der Waals surface area contributed by atoms with Gasteiger partial charge in [-0.2, -0.15) is 0 Å². The van der Waals surface area contributed by atoms with E-state index >= 15 is 0 Å². The molecule has 0 radical (unpaired) electrons. The average molecular weight is 487 g/mol. The smallest absolute Gasteiger partial charge is 0.330 e. The Balaban J connectivity index is 2.08. The van der Waals surface area contributed by atoms with Crippen molar-refractivity contribution in [3.63, 3.8) is 0 Å². The summed E-state index contributed by atoms with van der Waals surface area (Å²) in [5.41, 5.74) is 5.19. The maximum absolute atomic E-state index is 13.7. The second-order valence-electron chi connectivity index (χ2n) is 8.82. The zero-order valence-corrected chi connectivity index (χ0v) is 20.4. The number of nitrogens with two attached hydrogens (primary N) is 1. The molecule has 3 rings (SSSR count). The van der Waals surface area contributed by atoms with Crippen LogP contribution in [0, 0.1) is 10.1 Å². The summed E-state index contributed by atoms with van der Waals surface area (Å²) >= 11 is 0. The zero-order chi connectivity index (χ0) is 25.5. The van der Waals surface area contributed by atoms with Gasteiger partial charge in [0, 0.05) is 37.8 Å². The Morgan fingerprint density at radius 2 is 1.83 bits per heavy atom. The van der Waals surface area contributed by atoms with E-state index in [1.807, 2.05) is 18.7 Å². The van der Waals surface area contributed by atoms with E-state index in [9.17, 15) is 24.5 Å². The highest BCUT2D eigenvalue weighted by Gasteiger charge is 2.28. The summed E-state index contributed by atoms with van der Waals surface area (Å²) in [6, 6.07) is 4.41. The Kier molecular flexibility index (Phi) is 8.67. The molecule has 1 saturated heterocycles. The first-order valence-corrected chi connectivity index (χ1v) is 12.3. The first kappa shape index (κ1) is 26.0. The molecule has 11 nitrogen and oxygen atoms in total. The molecule has 1 aromatic carbocycles. The van der Waals surface area contributed by atoms with Crippen LogP contribution in [0.3, 0.4) is 0 Å². The van der Waals surface area contributed by atoms with Gasteiger partial charge in [-0.25, -0.2) is 4.79 Å². The number of hydrogen-bond acceptors (Lipinski definition) is 7. The summed E-state index contributed by atoms with van der Waals surface area (Å²) in [5.74, 6) is -0.657. The maximum Gasteiger partial charge on any atom is 0.330 e. The third kappa shape index (κ3) is 5.72. The van der Waals surface area contributed by atoms with Crippen LogP contribution in [-0.4, -0.2) is 40.0 Å². The van der Waals surface area contributed by atoms with Crippen molar-refractivity contribution >= 4 is 28.8 Å². The first-order valence-electron chi connectivity index (χ1n) is 12.3. The van der Waals surface area contributed by atoms with Crippen molar-refractivity contribution in [2.24, 2.45) is 0 Å². The minimum absolute atomic E-state index is 0.0831. The number of aromatic nitrogens is 2. The maximum atomic E-state index is 13.7. The van der Waals surface area contributed by atoms with Crippen LogP contribution in [0.5, 0.6) is 0 Å². The van der Waals surface area contributed by atoms with Crippen LogP contribution in [0.4, 0.5) is 22.9 Å². The molecule has 35 heavy (non-hydrogen) atoms. The van der Waals surface area contributed by atoms with Gasteiger partial charge in [-0.05, 0) is 37.8 Å². The summed E-state index contributed by atoms with van der Waals surface area (Å²) < 4.78 is 1.26. The third-order valence-corrected chi connectivity index (χ3v) is 6.32. The molecule has 1 amide bonds. The van der Waals surface area contributed by atoms with E-state index in [2.05, 4.69) is 4.98 Å². The van der Waals surface area contributed by atoms with E-state index in [4.69, 9.17) is 5.73 Å². The van der Waals surface area contributed by atoms with E-state index in [-0.39, 0.29) is 29.3 Å². The molecule has 2 heterocycles. The van der Waals surface area contributed by atoms with Crippen LogP contribution in [0.1, 0.15) is 69.2 Å². The second kappa shape index (κ2) is 11.7. The van der Waals surface area contributed by atoms with E-state index in [0.29, 0.717) is 25.1 Å². The highest BCUT2D eigenvalue weighted by molar-refractivity contribution is 6.08. The van der Waals surface area contributed by atoms with Crippen molar-refractivity contribution < 1.29 is 9.72 Å². The van der Waals surface area contributed by atoms with Crippen molar-refractivity contribution in [1.29, 1.82) is 0 Å². The highest BCUT2D eigenvalue weighted by Crippen LogP contribution is 2.32. The quantitative estimate of drug-likeness (QED) is 0.281. The number of nitrogen functional groups attached to an aromatic ring is 1. The van der Waals surface area contributed by atoms with Gasteiger partial charge < -0.3 is 15.5 Å². The Bertz CT molecular complexity index is 1180. The van der Waals surface area contributed by atoms with Gasteiger partial charge in [-0.15, -0.1) is 0 Å². The molecule has 2 aromatic rings. The lowest BCUT2D eigenvalue weighted by molar-refractivity contribution is -0.384. The molecule has 1 aromatic heterocycles. The lowest BCUT2D eigenvalue weighted by Gasteiger charge is -2.25. The lowest BCUT2D eigenvalue weighted by atomic mass is 10.1. The van der Waals surface area contributed by atoms with Crippen molar-refractivity contribution in [3.05, 3.63) is 54.7 Å². The van der Waals surface area contributed by atoms with E-state index in [1.54, 1.807) is 12.1 Å². The Labute approximate surface area is 203 Å². The predicted octanol–water partition coefficient (Wildman–Crippen LogP) is 3.26. The van der Waals surface area contributed by atoms with Crippen molar-refractivity contribution in [3.8, 4) is 0 Å². The number of nitrogens with zero attached hydrogens (tertiary/aromatic N) is 4. The number of carbonyl (C=O) groups is 1. The van der Waals surface area contributed by atoms with Gasteiger partial charge in [-0.1, -0.05) is 33.1 Å². The van der Waals surface area contributed by atoms with Gasteiger partial charge in [0.1, 0.15) is 11.5 Å². The Morgan fingerprint density at radius 1 is 1.14 bits per heavy atom. The monoisotopic (exact) mass is 486 g/mol. The molecular formula is C24H34N6O5. The number of benzene rings is 1. The number of hydrogen-bond donors (Lipinski definition) is 2. The van der Waals surface area contributed by atoms with Gasteiger partial charge in [0.25, 0.3) is 17.2 Å². The molecule has 0 atom stereocenters. The number of unbranched alkanes of at least 4 members (excludes halogenated alkanes) is 3. The van der Waals surface area contributed by atoms with E-state index < -0.39 is 22.1 Å². The number of nitro benzene ring substituents is 1. The summed E-state index contributed by atoms with van der Waals surface area (Å²) in [6.45, 7) is 5.92. The summed E-state index contributed by atoms with van der Waals surface area (Å²) in [7, 11) is 0. The topological polar surface area (TPSA) is 148 Å². The fourth-order valence-electron chi connectivity index (χ4n) is 4.40. The molecule has 0 bridgehead atoms. The van der Waals surface area contributed by atoms with Crippen LogP contribution < -0.4 is 26.8 Å². The minimum Gasteiger partial charge on any atom is -0.383 e. The first-order chi connectivity index (χ1) is 16.8. The summed E-state index contributed by atoms with van der Waals surface area (Å²) in [5, 5.41) is 11.8. The molecule has 0 aliphatic carbocycles. The van der Waals surface area contributed by atoms with E-state index in [1.165, 1.54) is 15.5 Å². The highest BCUT2D eigenvalue weighted by atomic mass is 16.6. The molecule has 3 N–H and O–H groups in total. The SMILES string of the molecule is CCCCCN(C(=O)c1ccc(N2CCCC2)c([N+](=O)[O-])c1)c1c(N)n(CCCC)c(=O)[nH]c1=O. The lowest BCUT2D eigenvalue weighted by Crippen LogP contribution is -2.41. The largest absolute Gasteiger partial charge is 0.383 e. The number of amides is 1. The molecule has 1 aliphatic heterocycles. The third-order valence-electron chi connectivity index (χ3n) is 6.32. The molecule has 190 valence electrons. The number of aromatic amines is 1. The molecule has 0 unspecified atom stereocenters. The average Bonchev–Trinajstić information content (AvgIpc) is 3.37. The molecule has 0 saturated carbocycles. The van der Waals surface area contributed by atoms with E-state index in [0.717, 1.165) is 45.2 Å². The number of carbonyl (C=O) groups excluding carboxylic acids is 1. The number of nitrogens with one attached hydrogen (secondary N) is 1. The van der Waals surface area contributed by atoms with Gasteiger partial charge >= 0.3 is 5.69 Å². The summed E-state index contributed by atoms with van der Waals surface area (Å²) in [4.78, 5) is 55.7. The van der Waals surface area contributed by atoms with Crippen LogP contribution >= 0.6 is 0 Å². The summed E-state index contributed by atoms with van der Waals surface area (Å²) in [6.07, 6.45) is 5.70.